The second-order valence-electron chi connectivity index (χ2n) is 9.87. The molecule has 6 heteroatoms. The van der Waals surface area contributed by atoms with Crippen molar-refractivity contribution in [3.05, 3.63) is 0 Å². The van der Waals surface area contributed by atoms with Gasteiger partial charge in [-0.3, -0.25) is 9.59 Å². The highest BCUT2D eigenvalue weighted by Gasteiger charge is 2.41. The average Bonchev–Trinajstić information content (AvgIpc) is 2.74. The fourth-order valence-corrected chi connectivity index (χ4v) is 5.85. The van der Waals surface area contributed by atoms with Crippen molar-refractivity contribution < 1.29 is 28.9 Å². The summed E-state index contributed by atoms with van der Waals surface area (Å²) in [4.78, 5) is 19.6. The van der Waals surface area contributed by atoms with Gasteiger partial charge >= 0.3 is 11.9 Å². The van der Waals surface area contributed by atoms with Crippen LogP contribution in [0.1, 0.15) is 111 Å². The number of esters is 2. The maximum absolute atomic E-state index is 9.81. The molecule has 0 aromatic rings. The molecule has 2 unspecified atom stereocenters. The zero-order valence-electron chi connectivity index (χ0n) is 20.0. The van der Waals surface area contributed by atoms with Crippen LogP contribution in [0.25, 0.3) is 0 Å². The smallest absolute Gasteiger partial charge is 0.310 e. The van der Waals surface area contributed by atoms with Crippen LogP contribution in [0.5, 0.6) is 0 Å². The molecule has 1 N–H and O–H groups in total. The molecule has 2 heterocycles. The number of hydrogen-bond acceptors (Lipinski definition) is 6. The van der Waals surface area contributed by atoms with Gasteiger partial charge in [-0.2, -0.15) is 0 Å². The average molecular weight is 441 g/mol. The van der Waals surface area contributed by atoms with Crippen LogP contribution in [0.2, 0.25) is 0 Å². The Balaban J connectivity index is 0.000000173. The molecule has 31 heavy (non-hydrogen) atoms. The van der Waals surface area contributed by atoms with Crippen LogP contribution in [-0.2, 0) is 23.8 Å². The molecule has 0 amide bonds. The standard InChI is InChI=1S/C11H20O.C10H18O2.C4H6O3/c1-10-11(8-5-9-12-10)6-3-2-4-7-11;11-9-10(7-4-8-12-9)5-2-1-3-6-10;1-3(5)7-4(2)6/h10H,2-9H2,1H3;9,11H,1-8H2;1-2H3. The summed E-state index contributed by atoms with van der Waals surface area (Å²) in [5.41, 5.74) is 0.743. The topological polar surface area (TPSA) is 82.1 Å². The zero-order chi connectivity index (χ0) is 22.7. The number of carbonyl (C=O) groups is 2. The summed E-state index contributed by atoms with van der Waals surface area (Å²) in [6, 6.07) is 0. The minimum atomic E-state index is -0.562. The van der Waals surface area contributed by atoms with Crippen LogP contribution in [0, 0.1) is 10.8 Å². The maximum Gasteiger partial charge on any atom is 0.310 e. The van der Waals surface area contributed by atoms with Crippen molar-refractivity contribution in [2.24, 2.45) is 10.8 Å². The van der Waals surface area contributed by atoms with Crippen molar-refractivity contribution in [3.8, 4) is 0 Å². The Hall–Kier alpha value is -0.980. The lowest BCUT2D eigenvalue weighted by Gasteiger charge is -2.45. The van der Waals surface area contributed by atoms with E-state index >= 15 is 0 Å². The van der Waals surface area contributed by atoms with Crippen molar-refractivity contribution >= 4 is 11.9 Å². The Morgan fingerprint density at radius 1 is 0.710 bits per heavy atom. The number of hydrogen-bond donors (Lipinski definition) is 1. The number of carbonyl (C=O) groups excluding carboxylic acids is 2. The highest BCUT2D eigenvalue weighted by atomic mass is 16.6. The van der Waals surface area contributed by atoms with Gasteiger partial charge < -0.3 is 19.3 Å². The Labute approximate surface area is 188 Å². The van der Waals surface area contributed by atoms with Crippen LogP contribution in [0.3, 0.4) is 0 Å². The van der Waals surface area contributed by atoms with E-state index in [1.54, 1.807) is 0 Å². The molecule has 4 rings (SSSR count). The molecule has 0 bridgehead atoms. The first-order valence-electron chi connectivity index (χ1n) is 12.4. The highest BCUT2D eigenvalue weighted by Crippen LogP contribution is 2.46. The number of aliphatic hydroxyl groups is 1. The third kappa shape index (κ3) is 8.14. The van der Waals surface area contributed by atoms with E-state index in [1.807, 2.05) is 0 Å². The Morgan fingerprint density at radius 3 is 1.55 bits per heavy atom. The van der Waals surface area contributed by atoms with Gasteiger partial charge in [0, 0.05) is 32.5 Å². The molecule has 2 aliphatic carbocycles. The molecule has 6 nitrogen and oxygen atoms in total. The molecule has 2 saturated carbocycles. The van der Waals surface area contributed by atoms with Gasteiger partial charge in [0.15, 0.2) is 6.29 Å². The molecule has 0 radical (unpaired) electrons. The fourth-order valence-electron chi connectivity index (χ4n) is 5.85. The molecule has 4 fully saturated rings. The van der Waals surface area contributed by atoms with Gasteiger partial charge in [0.2, 0.25) is 0 Å². The summed E-state index contributed by atoms with van der Waals surface area (Å²) in [5.74, 6) is -1.12. The first-order chi connectivity index (χ1) is 14.8. The molecule has 0 aromatic heterocycles. The van der Waals surface area contributed by atoms with Crippen LogP contribution < -0.4 is 0 Å². The molecular formula is C25H44O6. The largest absolute Gasteiger partial charge is 0.394 e. The van der Waals surface area contributed by atoms with Gasteiger partial charge in [-0.05, 0) is 63.7 Å². The van der Waals surface area contributed by atoms with Gasteiger partial charge in [-0.15, -0.1) is 0 Å². The molecule has 4 aliphatic rings. The molecule has 2 aliphatic heterocycles. The third-order valence-corrected chi connectivity index (χ3v) is 7.65. The van der Waals surface area contributed by atoms with E-state index in [2.05, 4.69) is 11.7 Å². The first-order valence-corrected chi connectivity index (χ1v) is 12.4. The van der Waals surface area contributed by atoms with Gasteiger partial charge in [0.05, 0.1) is 6.10 Å². The predicted octanol–water partition coefficient (Wildman–Crippen LogP) is 5.30. The van der Waals surface area contributed by atoms with Gasteiger partial charge in [0.25, 0.3) is 0 Å². The summed E-state index contributed by atoms with van der Waals surface area (Å²) >= 11 is 0. The number of rotatable bonds is 0. The Kier molecular flexibility index (Phi) is 10.9. The summed E-state index contributed by atoms with van der Waals surface area (Å²) in [6.07, 6.45) is 18.5. The quantitative estimate of drug-likeness (QED) is 0.407. The van der Waals surface area contributed by atoms with E-state index < -0.39 is 18.2 Å². The van der Waals surface area contributed by atoms with Crippen LogP contribution in [0.15, 0.2) is 0 Å². The van der Waals surface area contributed by atoms with E-state index in [-0.39, 0.29) is 5.41 Å². The van der Waals surface area contributed by atoms with E-state index in [0.29, 0.717) is 11.5 Å². The van der Waals surface area contributed by atoms with Crippen molar-refractivity contribution in [2.75, 3.05) is 13.2 Å². The normalized spacial score (nSPS) is 29.0. The molecule has 2 spiro atoms. The SMILES string of the molecule is CC(=O)OC(C)=O.CC1OCCCC12CCCCC2.OC1OCCCC12CCCCC2. The summed E-state index contributed by atoms with van der Waals surface area (Å²) in [5, 5.41) is 9.76. The van der Waals surface area contributed by atoms with E-state index in [9.17, 15) is 14.7 Å². The van der Waals surface area contributed by atoms with Crippen molar-refractivity contribution in [1.29, 1.82) is 0 Å². The molecule has 180 valence electrons. The Morgan fingerprint density at radius 2 is 1.13 bits per heavy atom. The van der Waals surface area contributed by atoms with Gasteiger partial charge in [0.1, 0.15) is 0 Å². The van der Waals surface area contributed by atoms with Crippen LogP contribution in [0.4, 0.5) is 0 Å². The number of ether oxygens (including phenoxy) is 3. The van der Waals surface area contributed by atoms with Gasteiger partial charge in [-0.25, -0.2) is 0 Å². The molecule has 0 aromatic carbocycles. The molecular weight excluding hydrogens is 396 g/mol. The zero-order valence-corrected chi connectivity index (χ0v) is 20.0. The molecule has 2 atom stereocenters. The Bertz CT molecular complexity index is 484. The monoisotopic (exact) mass is 440 g/mol. The molecule has 2 saturated heterocycles. The first kappa shape index (κ1) is 26.3. The summed E-state index contributed by atoms with van der Waals surface area (Å²) in [7, 11) is 0. The minimum absolute atomic E-state index is 0.149. The van der Waals surface area contributed by atoms with Crippen LogP contribution in [-0.4, -0.2) is 42.7 Å². The summed E-state index contributed by atoms with van der Waals surface area (Å²) < 4.78 is 15.1. The third-order valence-electron chi connectivity index (χ3n) is 7.65. The van der Waals surface area contributed by atoms with Crippen LogP contribution >= 0.6 is 0 Å². The van der Waals surface area contributed by atoms with Crippen molar-refractivity contribution in [2.45, 2.75) is 123 Å². The highest BCUT2D eigenvalue weighted by molar-refractivity contribution is 5.82. The van der Waals surface area contributed by atoms with E-state index in [0.717, 1.165) is 19.6 Å². The second kappa shape index (κ2) is 12.9. The minimum Gasteiger partial charge on any atom is -0.394 e. The lowest BCUT2D eigenvalue weighted by Crippen LogP contribution is -2.42. The van der Waals surface area contributed by atoms with E-state index in [4.69, 9.17) is 9.47 Å². The fraction of sp³-hybridized carbons (Fsp3) is 0.920. The van der Waals surface area contributed by atoms with Crippen molar-refractivity contribution in [1.82, 2.24) is 0 Å². The van der Waals surface area contributed by atoms with Gasteiger partial charge in [-0.1, -0.05) is 38.5 Å². The summed E-state index contributed by atoms with van der Waals surface area (Å²) in [6.45, 7) is 6.40. The lowest BCUT2D eigenvalue weighted by atomic mass is 9.67. The lowest BCUT2D eigenvalue weighted by molar-refractivity contribution is -0.212. The maximum atomic E-state index is 9.81. The van der Waals surface area contributed by atoms with E-state index in [1.165, 1.54) is 97.3 Å². The van der Waals surface area contributed by atoms with Crippen molar-refractivity contribution in [3.63, 3.8) is 0 Å². The second-order valence-corrected chi connectivity index (χ2v) is 9.87. The number of aliphatic hydroxyl groups excluding tert-OH is 1. The predicted molar refractivity (Wildman–Crippen MR) is 119 cm³/mol.